The van der Waals surface area contributed by atoms with Gasteiger partial charge in [0.05, 0.1) is 6.61 Å². The first kappa shape index (κ1) is 24.2. The molecule has 0 unspecified atom stereocenters. The molecule has 0 heterocycles. The van der Waals surface area contributed by atoms with Crippen LogP contribution >= 0.6 is 0 Å². The van der Waals surface area contributed by atoms with Crippen LogP contribution in [0.3, 0.4) is 0 Å². The maximum atomic E-state index is 5.75. The first-order valence-electron chi connectivity index (χ1n) is 13.5. The zero-order valence-electron chi connectivity index (χ0n) is 20.3. The van der Waals surface area contributed by atoms with Gasteiger partial charge < -0.3 is 4.74 Å². The van der Waals surface area contributed by atoms with Gasteiger partial charge in [-0.25, -0.2) is 0 Å². The Labute approximate surface area is 192 Å². The molecule has 1 heteroatoms. The quantitative estimate of drug-likeness (QED) is 0.270. The molecule has 172 valence electrons. The Balaban J connectivity index is 1.34. The van der Waals surface area contributed by atoms with E-state index in [-0.39, 0.29) is 0 Å². The van der Waals surface area contributed by atoms with Gasteiger partial charge in [0, 0.05) is 11.5 Å². The molecule has 2 aliphatic rings. The Bertz CT molecular complexity index is 648. The first-order chi connectivity index (χ1) is 15.3. The van der Waals surface area contributed by atoms with Crippen molar-refractivity contribution < 1.29 is 4.74 Å². The van der Waals surface area contributed by atoms with Gasteiger partial charge in [0.1, 0.15) is 5.75 Å². The lowest BCUT2D eigenvalue weighted by atomic mass is 9.69. The molecule has 1 nitrogen and oxygen atoms in total. The molecule has 0 amide bonds. The first-order valence-corrected chi connectivity index (χ1v) is 13.5. The van der Waals surface area contributed by atoms with Crippen LogP contribution in [-0.4, -0.2) is 6.61 Å². The summed E-state index contributed by atoms with van der Waals surface area (Å²) in [5.74, 6) is 11.6. The van der Waals surface area contributed by atoms with Gasteiger partial charge in [0.25, 0.3) is 0 Å². The van der Waals surface area contributed by atoms with E-state index in [2.05, 4.69) is 50.0 Å². The lowest BCUT2D eigenvalue weighted by Crippen LogP contribution is -2.25. The topological polar surface area (TPSA) is 9.23 Å². The molecule has 2 aliphatic carbocycles. The van der Waals surface area contributed by atoms with Crippen molar-refractivity contribution in [1.29, 1.82) is 0 Å². The standard InChI is InChI=1S/C30H46O/c1-3-5-7-8-9-25-12-18-28(19-13-25)29-20-14-26(15-21-29)10-11-27-16-22-30(23-17-27)31-24-6-4-2/h16-17,22-23,25-26,28-29H,3-9,12-15,18-21,24H2,1-2H3/t25-,26?,28-,29?. The SMILES string of the molecule is CCCCCC[C@H]1CC[C@H](C2CCC(C#Cc3ccc(OCCCC)cc3)CC2)CC1. The molecule has 3 rings (SSSR count). The second-order valence-electron chi connectivity index (χ2n) is 10.2. The van der Waals surface area contributed by atoms with E-state index in [1.807, 2.05) is 0 Å². The molecular weight excluding hydrogens is 376 g/mol. The Hall–Kier alpha value is -1.42. The molecule has 0 atom stereocenters. The summed E-state index contributed by atoms with van der Waals surface area (Å²) < 4.78 is 5.75. The van der Waals surface area contributed by atoms with Crippen LogP contribution in [0, 0.1) is 35.5 Å². The third-order valence-corrected chi connectivity index (χ3v) is 7.84. The van der Waals surface area contributed by atoms with Gasteiger partial charge in [-0.2, -0.15) is 0 Å². The van der Waals surface area contributed by atoms with Gasteiger partial charge in [-0.1, -0.05) is 77.1 Å². The maximum absolute atomic E-state index is 5.75. The fourth-order valence-corrected chi connectivity index (χ4v) is 5.70. The van der Waals surface area contributed by atoms with E-state index in [0.29, 0.717) is 5.92 Å². The van der Waals surface area contributed by atoms with Gasteiger partial charge in [-0.3, -0.25) is 0 Å². The molecule has 0 N–H and O–H groups in total. The lowest BCUT2D eigenvalue weighted by Gasteiger charge is -2.37. The minimum absolute atomic E-state index is 0.603. The highest BCUT2D eigenvalue weighted by Crippen LogP contribution is 2.42. The summed E-state index contributed by atoms with van der Waals surface area (Å²) >= 11 is 0. The summed E-state index contributed by atoms with van der Waals surface area (Å²) in [6, 6.07) is 8.36. The Kier molecular flexibility index (Phi) is 10.8. The maximum Gasteiger partial charge on any atom is 0.119 e. The zero-order chi connectivity index (χ0) is 21.7. The van der Waals surface area contributed by atoms with Gasteiger partial charge in [-0.15, -0.1) is 0 Å². The van der Waals surface area contributed by atoms with Gasteiger partial charge in [0.2, 0.25) is 0 Å². The molecule has 1 aromatic carbocycles. The van der Waals surface area contributed by atoms with E-state index in [1.54, 1.807) is 0 Å². The second-order valence-corrected chi connectivity index (χ2v) is 10.2. The van der Waals surface area contributed by atoms with Crippen LogP contribution in [0.15, 0.2) is 24.3 Å². The third kappa shape index (κ3) is 8.56. The molecule has 0 aliphatic heterocycles. The summed E-state index contributed by atoms with van der Waals surface area (Å²) in [6.45, 7) is 5.31. The second kappa shape index (κ2) is 13.9. The van der Waals surface area contributed by atoms with Crippen LogP contribution in [0.1, 0.15) is 116 Å². The predicted octanol–water partition coefficient (Wildman–Crippen LogP) is 8.80. The Morgan fingerprint density at radius 2 is 1.39 bits per heavy atom. The average molecular weight is 423 g/mol. The number of unbranched alkanes of at least 4 members (excludes halogenated alkanes) is 4. The highest BCUT2D eigenvalue weighted by atomic mass is 16.5. The van der Waals surface area contributed by atoms with Crippen molar-refractivity contribution >= 4 is 0 Å². The van der Waals surface area contributed by atoms with E-state index in [9.17, 15) is 0 Å². The number of ether oxygens (including phenoxy) is 1. The molecule has 0 aromatic heterocycles. The van der Waals surface area contributed by atoms with Crippen LogP contribution in [0.4, 0.5) is 0 Å². The highest BCUT2D eigenvalue weighted by Gasteiger charge is 2.30. The average Bonchev–Trinajstić information content (AvgIpc) is 2.82. The van der Waals surface area contributed by atoms with Crippen molar-refractivity contribution in [1.82, 2.24) is 0 Å². The molecular formula is C30H46O. The number of rotatable bonds is 10. The minimum atomic E-state index is 0.603. The van der Waals surface area contributed by atoms with Gasteiger partial charge in [-0.05, 0) is 87.0 Å². The van der Waals surface area contributed by atoms with Crippen LogP contribution in [-0.2, 0) is 0 Å². The van der Waals surface area contributed by atoms with E-state index in [4.69, 9.17) is 4.74 Å². The molecule has 0 bridgehead atoms. The molecule has 2 saturated carbocycles. The van der Waals surface area contributed by atoms with Crippen molar-refractivity contribution in [3.63, 3.8) is 0 Å². The van der Waals surface area contributed by atoms with E-state index >= 15 is 0 Å². The number of hydrogen-bond acceptors (Lipinski definition) is 1. The van der Waals surface area contributed by atoms with Gasteiger partial charge in [0.15, 0.2) is 0 Å². The van der Waals surface area contributed by atoms with Crippen molar-refractivity contribution in [2.75, 3.05) is 6.61 Å². The van der Waals surface area contributed by atoms with E-state index in [0.717, 1.165) is 42.1 Å². The van der Waals surface area contributed by atoms with Crippen molar-refractivity contribution in [2.24, 2.45) is 23.7 Å². The molecule has 31 heavy (non-hydrogen) atoms. The molecule has 0 saturated heterocycles. The summed E-state index contributed by atoms with van der Waals surface area (Å²) in [4.78, 5) is 0. The third-order valence-electron chi connectivity index (χ3n) is 7.84. The van der Waals surface area contributed by atoms with Crippen LogP contribution < -0.4 is 4.74 Å². The van der Waals surface area contributed by atoms with E-state index < -0.39 is 0 Å². The minimum Gasteiger partial charge on any atom is -0.494 e. The molecule has 2 fully saturated rings. The lowest BCUT2D eigenvalue weighted by molar-refractivity contribution is 0.153. The van der Waals surface area contributed by atoms with Crippen molar-refractivity contribution in [3.05, 3.63) is 29.8 Å². The molecule has 1 aromatic rings. The Morgan fingerprint density at radius 3 is 2.03 bits per heavy atom. The largest absolute Gasteiger partial charge is 0.494 e. The summed E-state index contributed by atoms with van der Waals surface area (Å²) in [7, 11) is 0. The monoisotopic (exact) mass is 422 g/mol. The number of hydrogen-bond donors (Lipinski definition) is 0. The fraction of sp³-hybridized carbons (Fsp3) is 0.733. The normalized spacial score (nSPS) is 26.1. The van der Waals surface area contributed by atoms with Crippen LogP contribution in [0.25, 0.3) is 0 Å². The highest BCUT2D eigenvalue weighted by molar-refractivity contribution is 5.38. The fourth-order valence-electron chi connectivity index (χ4n) is 5.70. The van der Waals surface area contributed by atoms with Crippen molar-refractivity contribution in [2.45, 2.75) is 110 Å². The van der Waals surface area contributed by atoms with Gasteiger partial charge >= 0.3 is 0 Å². The molecule has 0 radical (unpaired) electrons. The van der Waals surface area contributed by atoms with E-state index in [1.165, 1.54) is 89.9 Å². The number of benzene rings is 1. The summed E-state index contributed by atoms with van der Waals surface area (Å²) in [5, 5.41) is 0. The molecule has 0 spiro atoms. The van der Waals surface area contributed by atoms with Crippen molar-refractivity contribution in [3.8, 4) is 17.6 Å². The van der Waals surface area contributed by atoms with Crippen LogP contribution in [0.5, 0.6) is 5.75 Å². The van der Waals surface area contributed by atoms with Crippen LogP contribution in [0.2, 0.25) is 0 Å². The zero-order valence-corrected chi connectivity index (χ0v) is 20.3. The summed E-state index contributed by atoms with van der Waals surface area (Å²) in [6.07, 6.45) is 21.0. The summed E-state index contributed by atoms with van der Waals surface area (Å²) in [5.41, 5.74) is 1.13. The predicted molar refractivity (Wildman–Crippen MR) is 133 cm³/mol. The Morgan fingerprint density at radius 1 is 0.742 bits per heavy atom. The smallest absolute Gasteiger partial charge is 0.119 e.